The molecule has 15 heavy (non-hydrogen) atoms. The highest BCUT2D eigenvalue weighted by atomic mass is 16.4. The van der Waals surface area contributed by atoms with Gasteiger partial charge in [0.2, 0.25) is 0 Å². The van der Waals surface area contributed by atoms with Crippen molar-refractivity contribution in [2.45, 2.75) is 0 Å². The number of carboxylic acid groups (broad SMARTS) is 1. The molecule has 2 amide bonds. The van der Waals surface area contributed by atoms with Crippen LogP contribution in [0.15, 0.2) is 18.5 Å². The molecule has 0 fully saturated rings. The standard InChI is InChI=1S/C9H11N3O3/c1-12(2)9(15)11-7-5-10-4-3-6(7)8(13)14/h3-5H,1-2H3,(H,11,15)(H,13,14). The average Bonchev–Trinajstić information content (AvgIpc) is 2.18. The molecule has 1 aromatic rings. The first-order valence-corrected chi connectivity index (χ1v) is 4.18. The summed E-state index contributed by atoms with van der Waals surface area (Å²) in [6, 6.07) is 0.929. The van der Waals surface area contributed by atoms with Crippen LogP contribution in [0.3, 0.4) is 0 Å². The number of nitrogens with one attached hydrogen (secondary N) is 1. The van der Waals surface area contributed by atoms with E-state index in [0.717, 1.165) is 0 Å². The van der Waals surface area contributed by atoms with Gasteiger partial charge < -0.3 is 15.3 Å². The fraction of sp³-hybridized carbons (Fsp3) is 0.222. The van der Waals surface area contributed by atoms with Gasteiger partial charge in [-0.05, 0) is 6.07 Å². The summed E-state index contributed by atoms with van der Waals surface area (Å²) in [7, 11) is 3.12. The van der Waals surface area contributed by atoms with Gasteiger partial charge in [-0.15, -0.1) is 0 Å². The van der Waals surface area contributed by atoms with Crippen molar-refractivity contribution < 1.29 is 14.7 Å². The Morgan fingerprint density at radius 3 is 2.67 bits per heavy atom. The smallest absolute Gasteiger partial charge is 0.337 e. The lowest BCUT2D eigenvalue weighted by Crippen LogP contribution is -2.28. The summed E-state index contributed by atoms with van der Waals surface area (Å²) in [5.74, 6) is -1.11. The molecular formula is C9H11N3O3. The Balaban J connectivity index is 2.94. The van der Waals surface area contributed by atoms with Crippen LogP contribution in [-0.4, -0.2) is 41.1 Å². The summed E-state index contributed by atoms with van der Waals surface area (Å²) >= 11 is 0. The third kappa shape index (κ3) is 2.67. The molecule has 1 aromatic heterocycles. The number of hydrogen-bond acceptors (Lipinski definition) is 3. The minimum absolute atomic E-state index is 0.0141. The first kappa shape index (κ1) is 11.0. The highest BCUT2D eigenvalue weighted by Crippen LogP contribution is 2.13. The molecule has 0 saturated heterocycles. The molecule has 0 saturated carbocycles. The van der Waals surface area contributed by atoms with E-state index >= 15 is 0 Å². The molecule has 0 aromatic carbocycles. The maximum atomic E-state index is 11.3. The lowest BCUT2D eigenvalue weighted by Gasteiger charge is -2.12. The average molecular weight is 209 g/mol. The van der Waals surface area contributed by atoms with Crippen molar-refractivity contribution in [2.75, 3.05) is 19.4 Å². The summed E-state index contributed by atoms with van der Waals surface area (Å²) in [4.78, 5) is 27.1. The summed E-state index contributed by atoms with van der Waals surface area (Å²) in [5.41, 5.74) is 0.198. The Labute approximate surface area is 86.5 Å². The highest BCUT2D eigenvalue weighted by Gasteiger charge is 2.12. The third-order valence-corrected chi connectivity index (χ3v) is 1.70. The molecule has 6 heteroatoms. The molecule has 0 bridgehead atoms. The Hall–Kier alpha value is -2.11. The molecule has 0 atom stereocenters. The molecule has 0 unspecified atom stereocenters. The van der Waals surface area contributed by atoms with E-state index in [-0.39, 0.29) is 11.3 Å². The Morgan fingerprint density at radius 1 is 1.47 bits per heavy atom. The molecule has 0 radical (unpaired) electrons. The van der Waals surface area contributed by atoms with Crippen LogP contribution in [-0.2, 0) is 0 Å². The predicted molar refractivity (Wildman–Crippen MR) is 53.9 cm³/mol. The van der Waals surface area contributed by atoms with E-state index in [2.05, 4.69) is 10.3 Å². The quantitative estimate of drug-likeness (QED) is 0.757. The second kappa shape index (κ2) is 4.41. The number of urea groups is 1. The van der Waals surface area contributed by atoms with Crippen molar-refractivity contribution >= 4 is 17.7 Å². The normalized spacial score (nSPS) is 9.47. The van der Waals surface area contributed by atoms with Crippen molar-refractivity contribution in [3.8, 4) is 0 Å². The summed E-state index contributed by atoms with van der Waals surface area (Å²) in [6.45, 7) is 0. The summed E-state index contributed by atoms with van der Waals surface area (Å²) in [6.07, 6.45) is 2.65. The number of carboxylic acids is 1. The summed E-state index contributed by atoms with van der Waals surface area (Å²) < 4.78 is 0. The molecule has 80 valence electrons. The van der Waals surface area contributed by atoms with Gasteiger partial charge in [0.1, 0.15) is 0 Å². The maximum Gasteiger partial charge on any atom is 0.337 e. The number of hydrogen-bond donors (Lipinski definition) is 2. The number of rotatable bonds is 2. The van der Waals surface area contributed by atoms with Crippen molar-refractivity contribution in [1.82, 2.24) is 9.88 Å². The van der Waals surface area contributed by atoms with Crippen molar-refractivity contribution in [3.05, 3.63) is 24.0 Å². The lowest BCUT2D eigenvalue weighted by molar-refractivity contribution is 0.0698. The molecule has 0 spiro atoms. The van der Waals surface area contributed by atoms with Gasteiger partial charge in [-0.25, -0.2) is 9.59 Å². The molecule has 0 aliphatic carbocycles. The van der Waals surface area contributed by atoms with Crippen LogP contribution < -0.4 is 5.32 Å². The number of carbonyl (C=O) groups excluding carboxylic acids is 1. The van der Waals surface area contributed by atoms with Crippen LogP contribution in [0.5, 0.6) is 0 Å². The number of aromatic carboxylic acids is 1. The van der Waals surface area contributed by atoms with Crippen LogP contribution in [0, 0.1) is 0 Å². The van der Waals surface area contributed by atoms with Crippen LogP contribution >= 0.6 is 0 Å². The van der Waals surface area contributed by atoms with E-state index in [0.29, 0.717) is 0 Å². The molecule has 0 aliphatic heterocycles. The molecule has 1 rings (SSSR count). The van der Waals surface area contributed by atoms with Crippen molar-refractivity contribution in [3.63, 3.8) is 0 Å². The Morgan fingerprint density at radius 2 is 2.13 bits per heavy atom. The molecular weight excluding hydrogens is 198 g/mol. The SMILES string of the molecule is CN(C)C(=O)Nc1cnccc1C(=O)O. The minimum Gasteiger partial charge on any atom is -0.478 e. The van der Waals surface area contributed by atoms with Crippen LogP contribution in [0.4, 0.5) is 10.5 Å². The molecule has 0 aliphatic rings. The zero-order valence-electron chi connectivity index (χ0n) is 8.39. The maximum absolute atomic E-state index is 11.3. The van der Waals surface area contributed by atoms with Gasteiger partial charge in [0.15, 0.2) is 0 Å². The Bertz CT molecular complexity index is 390. The van der Waals surface area contributed by atoms with Gasteiger partial charge in [-0.3, -0.25) is 4.98 Å². The third-order valence-electron chi connectivity index (χ3n) is 1.70. The number of amides is 2. The largest absolute Gasteiger partial charge is 0.478 e. The zero-order chi connectivity index (χ0) is 11.4. The van der Waals surface area contributed by atoms with Gasteiger partial charge in [0, 0.05) is 20.3 Å². The van der Waals surface area contributed by atoms with Gasteiger partial charge >= 0.3 is 12.0 Å². The fourth-order valence-electron chi connectivity index (χ4n) is 0.908. The first-order chi connectivity index (χ1) is 7.02. The van der Waals surface area contributed by atoms with E-state index in [1.165, 1.54) is 23.4 Å². The van der Waals surface area contributed by atoms with E-state index in [1.54, 1.807) is 14.1 Å². The van der Waals surface area contributed by atoms with Gasteiger partial charge in [-0.1, -0.05) is 0 Å². The van der Waals surface area contributed by atoms with E-state index in [4.69, 9.17) is 5.11 Å². The lowest BCUT2D eigenvalue weighted by atomic mass is 10.2. The van der Waals surface area contributed by atoms with Gasteiger partial charge in [0.05, 0.1) is 17.4 Å². The predicted octanol–water partition coefficient (Wildman–Crippen LogP) is 0.873. The fourth-order valence-corrected chi connectivity index (χ4v) is 0.908. The number of aromatic nitrogens is 1. The molecule has 6 nitrogen and oxygen atoms in total. The monoisotopic (exact) mass is 209 g/mol. The molecule has 1 heterocycles. The van der Waals surface area contributed by atoms with Crippen molar-refractivity contribution in [2.24, 2.45) is 0 Å². The number of carbonyl (C=O) groups is 2. The van der Waals surface area contributed by atoms with E-state index in [9.17, 15) is 9.59 Å². The highest BCUT2D eigenvalue weighted by molar-refractivity contribution is 5.99. The number of pyridine rings is 1. The van der Waals surface area contributed by atoms with E-state index in [1.807, 2.05) is 0 Å². The zero-order valence-corrected chi connectivity index (χ0v) is 8.39. The number of nitrogens with zero attached hydrogens (tertiary/aromatic N) is 2. The van der Waals surface area contributed by atoms with Gasteiger partial charge in [-0.2, -0.15) is 0 Å². The van der Waals surface area contributed by atoms with E-state index < -0.39 is 12.0 Å². The van der Waals surface area contributed by atoms with Crippen LogP contribution in [0.2, 0.25) is 0 Å². The van der Waals surface area contributed by atoms with Crippen molar-refractivity contribution in [1.29, 1.82) is 0 Å². The molecule has 2 N–H and O–H groups in total. The Kier molecular flexibility index (Phi) is 3.22. The summed E-state index contributed by atoms with van der Waals surface area (Å²) in [5, 5.41) is 11.3. The first-order valence-electron chi connectivity index (χ1n) is 4.18. The minimum atomic E-state index is -1.11. The number of anilines is 1. The van der Waals surface area contributed by atoms with Crippen LogP contribution in [0.1, 0.15) is 10.4 Å². The second-order valence-corrected chi connectivity index (χ2v) is 3.05. The van der Waals surface area contributed by atoms with Gasteiger partial charge in [0.25, 0.3) is 0 Å². The van der Waals surface area contributed by atoms with Crippen LogP contribution in [0.25, 0.3) is 0 Å². The second-order valence-electron chi connectivity index (χ2n) is 3.05. The topological polar surface area (TPSA) is 82.5 Å².